The zero-order chi connectivity index (χ0) is 33.3. The molecule has 2 aliphatic heterocycles. The summed E-state index contributed by atoms with van der Waals surface area (Å²) in [6, 6.07) is 19.0. The first-order chi connectivity index (χ1) is 23.5. The fraction of sp³-hybridized carbons (Fsp3) is 0.294. The largest absolute Gasteiger partial charge is 0.370 e. The predicted octanol–water partition coefficient (Wildman–Crippen LogP) is 3.24. The molecule has 0 aliphatic carbocycles. The highest BCUT2D eigenvalue weighted by Gasteiger charge is 2.23. The van der Waals surface area contributed by atoms with Crippen LogP contribution in [-0.4, -0.2) is 82.4 Å². The van der Waals surface area contributed by atoms with Crippen LogP contribution in [0.5, 0.6) is 0 Å². The Labute approximate surface area is 278 Å². The van der Waals surface area contributed by atoms with Gasteiger partial charge in [-0.3, -0.25) is 19.3 Å². The Morgan fingerprint density at radius 1 is 0.708 bits per heavy atom. The van der Waals surface area contributed by atoms with Crippen LogP contribution in [0.4, 0.5) is 11.4 Å². The molecular weight excluding hydrogens is 612 g/mol. The van der Waals surface area contributed by atoms with Gasteiger partial charge in [-0.25, -0.2) is 9.59 Å². The van der Waals surface area contributed by atoms with E-state index in [9.17, 15) is 9.59 Å². The molecule has 4 aromatic rings. The normalized spacial score (nSPS) is 13.9. The van der Waals surface area contributed by atoms with Gasteiger partial charge in [0.05, 0.1) is 35.9 Å². The number of nitrogens with zero attached hydrogens (tertiary/aromatic N) is 8. The van der Waals surface area contributed by atoms with Crippen molar-refractivity contribution in [3.8, 4) is 22.5 Å². The van der Waals surface area contributed by atoms with E-state index in [0.29, 0.717) is 62.3 Å². The molecule has 0 bridgehead atoms. The highest BCUT2D eigenvalue weighted by Crippen LogP contribution is 2.32. The van der Waals surface area contributed by atoms with Gasteiger partial charge in [-0.15, -0.1) is 0 Å². The number of aromatic nitrogens is 4. The molecule has 0 fully saturated rings. The first kappa shape index (κ1) is 32.0. The van der Waals surface area contributed by atoms with Gasteiger partial charge in [0.25, 0.3) is 0 Å². The Morgan fingerprint density at radius 3 is 1.54 bits per heavy atom. The summed E-state index contributed by atoms with van der Waals surface area (Å²) in [7, 11) is 0. The van der Waals surface area contributed by atoms with Gasteiger partial charge >= 0.3 is 11.9 Å². The van der Waals surface area contributed by atoms with Crippen LogP contribution in [-0.2, 0) is 32.4 Å². The van der Waals surface area contributed by atoms with Gasteiger partial charge in [-0.1, -0.05) is 36.4 Å². The summed E-state index contributed by atoms with van der Waals surface area (Å²) in [6.45, 7) is 8.41. The number of aliphatic imine (C=N–C) groups is 2. The molecule has 0 amide bonds. The van der Waals surface area contributed by atoms with Gasteiger partial charge in [-0.2, -0.15) is 20.3 Å². The third kappa shape index (κ3) is 7.38. The zero-order valence-corrected chi connectivity index (χ0v) is 27.0. The number of benzene rings is 2. The number of aryl methyl sites for hydroxylation is 2. The summed E-state index contributed by atoms with van der Waals surface area (Å²) in [6.07, 6.45) is 5.58. The van der Waals surface area contributed by atoms with Gasteiger partial charge in [0, 0.05) is 61.9 Å². The second-order valence-corrected chi connectivity index (χ2v) is 10.8. The number of amidine groups is 2. The maximum Gasteiger partial charge on any atom is 0.356 e. The number of carbonyl (C=O) groups is 2. The Bertz CT molecular complexity index is 1710. The summed E-state index contributed by atoms with van der Waals surface area (Å²) in [4.78, 5) is 47.2. The third-order valence-corrected chi connectivity index (χ3v) is 7.76. The lowest BCUT2D eigenvalue weighted by atomic mass is 10.1. The monoisotopic (exact) mass is 650 g/mol. The minimum atomic E-state index is -0.759. The quantitative estimate of drug-likeness (QED) is 0.154. The van der Waals surface area contributed by atoms with Crippen LogP contribution in [0.25, 0.3) is 22.5 Å². The summed E-state index contributed by atoms with van der Waals surface area (Å²) in [5, 5.41) is 18.2. The third-order valence-electron chi connectivity index (χ3n) is 7.76. The van der Waals surface area contributed by atoms with E-state index < -0.39 is 11.9 Å². The van der Waals surface area contributed by atoms with Crippen molar-refractivity contribution in [2.45, 2.75) is 26.9 Å². The van der Waals surface area contributed by atoms with E-state index in [4.69, 9.17) is 9.68 Å². The Hall–Kier alpha value is -5.92. The Kier molecular flexibility index (Phi) is 10.1. The summed E-state index contributed by atoms with van der Waals surface area (Å²) in [5.41, 5.74) is 4.69. The van der Waals surface area contributed by atoms with Crippen LogP contribution in [0, 0.1) is 0 Å². The molecule has 2 aromatic heterocycles. The summed E-state index contributed by atoms with van der Waals surface area (Å²) in [5.74, 6) is -0.144. The van der Waals surface area contributed by atoms with Gasteiger partial charge < -0.3 is 20.3 Å². The maximum atomic E-state index is 13.3. The van der Waals surface area contributed by atoms with Crippen LogP contribution >= 0.6 is 0 Å². The van der Waals surface area contributed by atoms with Gasteiger partial charge in [0.2, 0.25) is 0 Å². The lowest BCUT2D eigenvalue weighted by Gasteiger charge is -2.25. The van der Waals surface area contributed by atoms with Crippen molar-refractivity contribution < 1.29 is 19.3 Å². The van der Waals surface area contributed by atoms with E-state index >= 15 is 0 Å². The van der Waals surface area contributed by atoms with Crippen molar-refractivity contribution in [2.75, 3.05) is 49.4 Å². The molecule has 0 radical (unpaired) electrons. The second-order valence-electron chi connectivity index (χ2n) is 10.8. The van der Waals surface area contributed by atoms with Crippen molar-refractivity contribution >= 4 is 35.0 Å². The van der Waals surface area contributed by atoms with E-state index in [2.05, 4.69) is 30.8 Å². The average Bonchev–Trinajstić information content (AvgIpc) is 3.95. The second kappa shape index (κ2) is 15.1. The number of anilines is 2. The molecule has 0 saturated heterocycles. The minimum Gasteiger partial charge on any atom is -0.370 e. The van der Waals surface area contributed by atoms with Gasteiger partial charge in [-0.05, 0) is 38.1 Å². The molecule has 0 atom stereocenters. The van der Waals surface area contributed by atoms with Gasteiger partial charge in [0.15, 0.2) is 0 Å². The molecule has 0 unspecified atom stereocenters. The van der Waals surface area contributed by atoms with E-state index in [1.54, 1.807) is 12.4 Å². The number of nitrogens with one attached hydrogen (secondary N) is 2. The van der Waals surface area contributed by atoms with E-state index in [0.717, 1.165) is 34.7 Å². The Morgan fingerprint density at radius 2 is 1.15 bits per heavy atom. The summed E-state index contributed by atoms with van der Waals surface area (Å²) >= 11 is 0. The first-order valence-electron chi connectivity index (χ1n) is 16.0. The van der Waals surface area contributed by atoms with Crippen molar-refractivity contribution in [1.29, 1.82) is 0 Å². The highest BCUT2D eigenvalue weighted by atomic mass is 16.7. The summed E-state index contributed by atoms with van der Waals surface area (Å²) < 4.78 is 3.74. The molecule has 2 aliphatic rings. The van der Waals surface area contributed by atoms with E-state index in [-0.39, 0.29) is 13.1 Å². The molecule has 4 heterocycles. The Balaban J connectivity index is 1.22. The lowest BCUT2D eigenvalue weighted by Crippen LogP contribution is -2.37. The van der Waals surface area contributed by atoms with Crippen LogP contribution in [0.15, 0.2) is 95.2 Å². The number of para-hydroxylation sites is 2. The molecule has 0 spiro atoms. The van der Waals surface area contributed by atoms with E-state index in [1.165, 1.54) is 10.1 Å². The number of carbonyl (C=O) groups excluding carboxylic acids is 2. The van der Waals surface area contributed by atoms with Crippen LogP contribution in [0.1, 0.15) is 13.8 Å². The number of hydrogen-bond donors (Lipinski definition) is 2. The van der Waals surface area contributed by atoms with Crippen LogP contribution in [0.3, 0.4) is 0 Å². The molecular formula is C34H38N10O4. The van der Waals surface area contributed by atoms with E-state index in [1.807, 2.05) is 83.9 Å². The fourth-order valence-corrected chi connectivity index (χ4v) is 5.57. The molecule has 0 saturated carbocycles. The molecule has 6 rings (SSSR count). The van der Waals surface area contributed by atoms with Crippen molar-refractivity contribution in [3.63, 3.8) is 0 Å². The smallest absolute Gasteiger partial charge is 0.356 e. The molecule has 14 heteroatoms. The first-order valence-corrected chi connectivity index (χ1v) is 16.0. The van der Waals surface area contributed by atoms with Crippen LogP contribution in [0.2, 0.25) is 0 Å². The maximum absolute atomic E-state index is 13.3. The molecule has 2 aromatic carbocycles. The molecule has 248 valence electrons. The van der Waals surface area contributed by atoms with Crippen LogP contribution < -0.4 is 20.8 Å². The standard InChI is InChI=1S/C34H38N10O4/c1-3-41-27(15-17-39-41)25-9-5-7-11-29(25)43(23-31-35-19-20-36-31)47-33(45)13-14-34(46)48-44(24-32-37-21-22-38-32)30-12-8-6-10-26(30)28-16-18-40-42(28)4-2/h5-18H,3-4,19-24H2,1-2H3,(H,35,36)(H,37,38)/b14-13+. The average molecular weight is 651 g/mol. The molecule has 48 heavy (non-hydrogen) atoms. The number of hydroxylamine groups is 2. The molecule has 2 N–H and O–H groups in total. The molecule has 14 nitrogen and oxygen atoms in total. The highest BCUT2D eigenvalue weighted by molar-refractivity contribution is 5.95. The number of hydrogen-bond acceptors (Lipinski definition) is 12. The van der Waals surface area contributed by atoms with Crippen molar-refractivity contribution in [2.24, 2.45) is 9.98 Å². The fourth-order valence-electron chi connectivity index (χ4n) is 5.57. The lowest BCUT2D eigenvalue weighted by molar-refractivity contribution is -0.141. The topological polar surface area (TPSA) is 144 Å². The van der Waals surface area contributed by atoms with Crippen molar-refractivity contribution in [1.82, 2.24) is 30.2 Å². The number of rotatable bonds is 14. The van der Waals surface area contributed by atoms with Gasteiger partial charge in [0.1, 0.15) is 24.8 Å². The van der Waals surface area contributed by atoms with Crippen molar-refractivity contribution in [3.05, 3.63) is 85.2 Å². The zero-order valence-electron chi connectivity index (χ0n) is 27.0. The minimum absolute atomic E-state index is 0.190. The predicted molar refractivity (Wildman–Crippen MR) is 183 cm³/mol. The SMILES string of the molecule is CCn1nccc1-c1ccccc1N(CC1=NCCN1)OC(=O)/C=C/C(=O)ON(CC1=NCCN1)c1ccccc1-c1ccnn1CC.